The highest BCUT2D eigenvalue weighted by Gasteiger charge is 2.16. The molecule has 2 rings (SSSR count). The highest BCUT2D eigenvalue weighted by atomic mass is 16.5. The summed E-state index contributed by atoms with van der Waals surface area (Å²) in [5.41, 5.74) is 3.28. The third kappa shape index (κ3) is 5.68. The monoisotopic (exact) mass is 379 g/mol. The highest BCUT2D eigenvalue weighted by Crippen LogP contribution is 2.16. The van der Waals surface area contributed by atoms with Gasteiger partial charge in [-0.15, -0.1) is 0 Å². The fourth-order valence-corrected chi connectivity index (χ4v) is 2.37. The van der Waals surface area contributed by atoms with Crippen LogP contribution >= 0.6 is 0 Å². The Morgan fingerprint density at radius 2 is 1.79 bits per heavy atom. The van der Waals surface area contributed by atoms with Gasteiger partial charge in [0.25, 0.3) is 5.91 Å². The Bertz CT molecular complexity index is 930. The topological polar surface area (TPSA) is 99.5 Å². The van der Waals surface area contributed by atoms with Crippen LogP contribution in [0.3, 0.4) is 0 Å². The van der Waals surface area contributed by atoms with Gasteiger partial charge in [-0.1, -0.05) is 12.1 Å². The number of likely N-dealkylation sites (N-methyl/N-ethyl adjacent to an activating group) is 1. The van der Waals surface area contributed by atoms with Crippen molar-refractivity contribution >= 4 is 23.5 Å². The molecule has 0 aliphatic carbocycles. The minimum absolute atomic E-state index is 0.166. The average Bonchev–Trinajstić information content (AvgIpc) is 2.68. The van der Waals surface area contributed by atoms with Gasteiger partial charge in [0.2, 0.25) is 5.91 Å². The van der Waals surface area contributed by atoms with E-state index in [1.54, 1.807) is 0 Å². The number of rotatable bonds is 6. The lowest BCUT2D eigenvalue weighted by Crippen LogP contribution is -2.37. The van der Waals surface area contributed by atoms with Crippen molar-refractivity contribution < 1.29 is 19.1 Å². The minimum Gasteiger partial charge on any atom is -0.452 e. The number of esters is 1. The molecule has 0 aliphatic heterocycles. The van der Waals surface area contributed by atoms with Gasteiger partial charge in [-0.05, 0) is 55.3 Å². The molecule has 7 nitrogen and oxygen atoms in total. The lowest BCUT2D eigenvalue weighted by atomic mass is 10.1. The zero-order valence-corrected chi connectivity index (χ0v) is 16.0. The first-order chi connectivity index (χ1) is 13.3. The highest BCUT2D eigenvalue weighted by molar-refractivity contribution is 5.96. The van der Waals surface area contributed by atoms with Gasteiger partial charge in [0.05, 0.1) is 23.7 Å². The average molecular weight is 379 g/mol. The Morgan fingerprint density at radius 3 is 2.43 bits per heavy atom. The van der Waals surface area contributed by atoms with Gasteiger partial charge in [-0.3, -0.25) is 9.59 Å². The molecular weight excluding hydrogens is 358 g/mol. The number of nitrogens with zero attached hydrogens (tertiary/aromatic N) is 2. The first-order valence-electron chi connectivity index (χ1n) is 8.58. The van der Waals surface area contributed by atoms with Crippen molar-refractivity contribution in [1.29, 1.82) is 5.26 Å². The Balaban J connectivity index is 1.84. The van der Waals surface area contributed by atoms with Crippen molar-refractivity contribution in [2.24, 2.45) is 0 Å². The molecule has 0 saturated heterocycles. The van der Waals surface area contributed by atoms with Gasteiger partial charge in [0.1, 0.15) is 0 Å². The van der Waals surface area contributed by atoms with E-state index in [9.17, 15) is 14.4 Å². The molecule has 0 aliphatic rings. The summed E-state index contributed by atoms with van der Waals surface area (Å²) in [6.45, 7) is 3.16. The Labute approximate surface area is 163 Å². The quantitative estimate of drug-likeness (QED) is 0.777. The summed E-state index contributed by atoms with van der Waals surface area (Å²) in [4.78, 5) is 37.4. The maximum atomic E-state index is 12.2. The number of hydrogen-bond donors (Lipinski definition) is 1. The van der Waals surface area contributed by atoms with Gasteiger partial charge in [-0.25, -0.2) is 4.79 Å². The van der Waals surface area contributed by atoms with E-state index in [2.05, 4.69) is 5.32 Å². The third-order valence-corrected chi connectivity index (χ3v) is 4.05. The Kier molecular flexibility index (Phi) is 6.88. The van der Waals surface area contributed by atoms with Crippen molar-refractivity contribution in [1.82, 2.24) is 4.90 Å². The van der Waals surface area contributed by atoms with Crippen LogP contribution in [0.4, 0.5) is 5.69 Å². The number of hydrogen-bond acceptors (Lipinski definition) is 5. The van der Waals surface area contributed by atoms with E-state index in [1.165, 1.54) is 36.2 Å². The lowest BCUT2D eigenvalue weighted by Gasteiger charge is -2.17. The normalized spacial score (nSPS) is 9.93. The van der Waals surface area contributed by atoms with Crippen LogP contribution in [0, 0.1) is 25.2 Å². The first-order valence-corrected chi connectivity index (χ1v) is 8.58. The largest absolute Gasteiger partial charge is 0.452 e. The summed E-state index contributed by atoms with van der Waals surface area (Å²) in [6.07, 6.45) is 0. The van der Waals surface area contributed by atoms with Crippen LogP contribution in [0.5, 0.6) is 0 Å². The molecule has 0 spiro atoms. The number of nitrogens with one attached hydrogen (secondary N) is 1. The molecule has 0 saturated carbocycles. The molecule has 144 valence electrons. The third-order valence-electron chi connectivity index (χ3n) is 4.05. The van der Waals surface area contributed by atoms with Crippen LogP contribution in [0.2, 0.25) is 0 Å². The number of carbonyl (C=O) groups excluding carboxylic acids is 3. The molecule has 0 atom stereocenters. The molecule has 0 radical (unpaired) electrons. The molecule has 0 heterocycles. The van der Waals surface area contributed by atoms with E-state index in [0.29, 0.717) is 11.3 Å². The molecule has 0 unspecified atom stereocenters. The van der Waals surface area contributed by atoms with E-state index in [0.717, 1.165) is 11.1 Å². The summed E-state index contributed by atoms with van der Waals surface area (Å²) < 4.78 is 4.97. The fourth-order valence-electron chi connectivity index (χ4n) is 2.37. The van der Waals surface area contributed by atoms with Gasteiger partial charge in [0.15, 0.2) is 6.61 Å². The number of aryl methyl sites for hydroxylation is 2. The summed E-state index contributed by atoms with van der Waals surface area (Å²) in [7, 11) is 1.46. The Morgan fingerprint density at radius 1 is 1.11 bits per heavy atom. The summed E-state index contributed by atoms with van der Waals surface area (Å²) in [5.74, 6) is -1.52. The lowest BCUT2D eigenvalue weighted by molar-refractivity contribution is -0.136. The van der Waals surface area contributed by atoms with Crippen LogP contribution in [0.25, 0.3) is 0 Å². The van der Waals surface area contributed by atoms with Crippen molar-refractivity contribution in [2.75, 3.05) is 25.5 Å². The molecule has 28 heavy (non-hydrogen) atoms. The minimum atomic E-state index is -0.675. The molecule has 0 bridgehead atoms. The predicted molar refractivity (Wildman–Crippen MR) is 104 cm³/mol. The molecule has 7 heteroatoms. The molecule has 2 aromatic rings. The van der Waals surface area contributed by atoms with E-state index in [-0.39, 0.29) is 18.0 Å². The van der Waals surface area contributed by atoms with Crippen molar-refractivity contribution in [3.05, 3.63) is 64.7 Å². The van der Waals surface area contributed by atoms with Crippen molar-refractivity contribution in [2.45, 2.75) is 13.8 Å². The number of nitriles is 1. The van der Waals surface area contributed by atoms with Gasteiger partial charge < -0.3 is 15.0 Å². The van der Waals surface area contributed by atoms with Crippen LogP contribution in [-0.2, 0) is 14.3 Å². The number of anilines is 1. The number of ether oxygens (including phenoxy) is 1. The Hall–Kier alpha value is -3.66. The maximum absolute atomic E-state index is 12.2. The molecule has 1 N–H and O–H groups in total. The number of carbonyl (C=O) groups is 3. The van der Waals surface area contributed by atoms with E-state index < -0.39 is 18.5 Å². The summed E-state index contributed by atoms with van der Waals surface area (Å²) >= 11 is 0. The fraction of sp³-hybridized carbons (Fsp3) is 0.238. The second kappa shape index (κ2) is 9.33. The SMILES string of the molecule is Cc1ccc(C)c(NC(=O)CN(C)C(=O)COC(=O)c2ccc(C#N)cc2)c1. The van der Waals surface area contributed by atoms with Gasteiger partial charge >= 0.3 is 5.97 Å². The van der Waals surface area contributed by atoms with Crippen LogP contribution < -0.4 is 5.32 Å². The first kappa shape index (κ1) is 20.6. The van der Waals surface area contributed by atoms with Crippen LogP contribution in [0.15, 0.2) is 42.5 Å². The standard InChI is InChI=1S/C21H21N3O4/c1-14-4-5-15(2)18(10-14)23-19(25)12-24(3)20(26)13-28-21(27)17-8-6-16(11-22)7-9-17/h4-10H,12-13H2,1-3H3,(H,23,25). The van der Waals surface area contributed by atoms with Crippen molar-refractivity contribution in [3.63, 3.8) is 0 Å². The predicted octanol–water partition coefficient (Wildman–Crippen LogP) is 2.43. The van der Waals surface area contributed by atoms with Gasteiger partial charge in [0, 0.05) is 12.7 Å². The number of amides is 2. The smallest absolute Gasteiger partial charge is 0.338 e. The number of benzene rings is 2. The zero-order chi connectivity index (χ0) is 20.7. The molecule has 2 aromatic carbocycles. The van der Waals surface area contributed by atoms with E-state index >= 15 is 0 Å². The molecular formula is C21H21N3O4. The molecule has 0 aromatic heterocycles. The molecule has 0 fully saturated rings. The second-order valence-electron chi connectivity index (χ2n) is 6.38. The second-order valence-corrected chi connectivity index (χ2v) is 6.38. The van der Waals surface area contributed by atoms with E-state index in [4.69, 9.17) is 10.00 Å². The van der Waals surface area contributed by atoms with Crippen LogP contribution in [-0.4, -0.2) is 42.9 Å². The van der Waals surface area contributed by atoms with Gasteiger partial charge in [-0.2, -0.15) is 5.26 Å². The van der Waals surface area contributed by atoms with Crippen molar-refractivity contribution in [3.8, 4) is 6.07 Å². The maximum Gasteiger partial charge on any atom is 0.338 e. The zero-order valence-electron chi connectivity index (χ0n) is 16.0. The van der Waals surface area contributed by atoms with Crippen LogP contribution in [0.1, 0.15) is 27.0 Å². The molecule has 2 amide bonds. The summed E-state index contributed by atoms with van der Waals surface area (Å²) in [5, 5.41) is 11.5. The summed E-state index contributed by atoms with van der Waals surface area (Å²) in [6, 6.07) is 13.5. The van der Waals surface area contributed by atoms with E-state index in [1.807, 2.05) is 38.1 Å².